The largest absolute Gasteiger partial charge is 0.464 e. The van der Waals surface area contributed by atoms with Crippen molar-refractivity contribution in [2.45, 2.75) is 6.04 Å². The molecule has 4 nitrogen and oxygen atoms in total. The number of methoxy groups -OCH3 is 1. The van der Waals surface area contributed by atoms with Crippen LogP contribution in [0.15, 0.2) is 24.9 Å². The zero-order valence-electron chi connectivity index (χ0n) is 7.41. The van der Waals surface area contributed by atoms with E-state index in [1.807, 2.05) is 0 Å². The maximum Gasteiger partial charge on any atom is 0.354 e. The molecule has 0 fully saturated rings. The van der Waals surface area contributed by atoms with Crippen molar-refractivity contribution in [2.75, 3.05) is 7.11 Å². The second-order valence-corrected chi connectivity index (χ2v) is 2.60. The molecule has 0 aromatic carbocycles. The molecule has 13 heavy (non-hydrogen) atoms. The molecular weight excluding hydrogens is 168 g/mol. The molecule has 0 aliphatic heterocycles. The van der Waals surface area contributed by atoms with Crippen LogP contribution in [0.3, 0.4) is 0 Å². The minimum absolute atomic E-state index is 0.255. The Morgan fingerprint density at radius 1 is 1.85 bits per heavy atom. The van der Waals surface area contributed by atoms with Crippen LogP contribution in [0, 0.1) is 0 Å². The van der Waals surface area contributed by atoms with E-state index < -0.39 is 5.97 Å². The molecule has 0 bridgehead atoms. The number of H-pyrrole nitrogens is 1. The Bertz CT molecular complexity index is 317. The van der Waals surface area contributed by atoms with Crippen LogP contribution in [0.1, 0.15) is 22.1 Å². The Morgan fingerprint density at radius 2 is 2.54 bits per heavy atom. The van der Waals surface area contributed by atoms with E-state index >= 15 is 0 Å². The van der Waals surface area contributed by atoms with Gasteiger partial charge >= 0.3 is 5.97 Å². The van der Waals surface area contributed by atoms with Crippen molar-refractivity contribution in [3.63, 3.8) is 0 Å². The van der Waals surface area contributed by atoms with E-state index in [0.29, 0.717) is 5.69 Å². The van der Waals surface area contributed by atoms with Gasteiger partial charge in [-0.3, -0.25) is 0 Å². The minimum Gasteiger partial charge on any atom is -0.464 e. The van der Waals surface area contributed by atoms with Crippen molar-refractivity contribution in [1.82, 2.24) is 4.98 Å². The van der Waals surface area contributed by atoms with Crippen molar-refractivity contribution in [2.24, 2.45) is 5.73 Å². The summed E-state index contributed by atoms with van der Waals surface area (Å²) in [7, 11) is 1.33. The van der Waals surface area contributed by atoms with Crippen LogP contribution < -0.4 is 5.73 Å². The van der Waals surface area contributed by atoms with Crippen LogP contribution in [0.5, 0.6) is 0 Å². The fourth-order valence-corrected chi connectivity index (χ4v) is 0.967. The molecule has 0 aliphatic rings. The molecule has 0 saturated carbocycles. The lowest BCUT2D eigenvalue weighted by atomic mass is 10.1. The average Bonchev–Trinajstić information content (AvgIpc) is 2.64. The van der Waals surface area contributed by atoms with E-state index in [2.05, 4.69) is 16.3 Å². The molecule has 1 aromatic heterocycles. The molecule has 0 amide bonds. The van der Waals surface area contributed by atoms with Gasteiger partial charge in [-0.2, -0.15) is 0 Å². The summed E-state index contributed by atoms with van der Waals surface area (Å²) in [6.45, 7) is 3.56. The van der Waals surface area contributed by atoms with Gasteiger partial charge in [0.05, 0.1) is 7.11 Å². The summed E-state index contributed by atoms with van der Waals surface area (Å²) in [6.07, 6.45) is 3.27. The highest BCUT2D eigenvalue weighted by Crippen LogP contribution is 2.12. The number of hydrogen-bond acceptors (Lipinski definition) is 3. The molecule has 0 spiro atoms. The number of esters is 1. The van der Waals surface area contributed by atoms with Gasteiger partial charge in [-0.05, 0) is 11.6 Å². The van der Waals surface area contributed by atoms with Crippen molar-refractivity contribution in [3.05, 3.63) is 36.2 Å². The Hall–Kier alpha value is -1.55. The van der Waals surface area contributed by atoms with Crippen LogP contribution in [-0.2, 0) is 4.74 Å². The van der Waals surface area contributed by atoms with E-state index in [-0.39, 0.29) is 6.04 Å². The summed E-state index contributed by atoms with van der Waals surface area (Å²) in [5.74, 6) is -0.400. The highest BCUT2D eigenvalue weighted by molar-refractivity contribution is 5.87. The number of nitrogens with two attached hydrogens (primary N) is 1. The number of aromatic nitrogens is 1. The third-order valence-electron chi connectivity index (χ3n) is 1.75. The third kappa shape index (κ3) is 1.97. The second-order valence-electron chi connectivity index (χ2n) is 2.60. The Balaban J connectivity index is 2.86. The van der Waals surface area contributed by atoms with Crippen molar-refractivity contribution >= 4 is 5.97 Å². The highest BCUT2D eigenvalue weighted by atomic mass is 16.5. The number of carbonyl (C=O) groups excluding carboxylic acids is 1. The predicted octanol–water partition coefficient (Wildman–Crippen LogP) is 0.987. The molecule has 0 radical (unpaired) electrons. The van der Waals surface area contributed by atoms with Gasteiger partial charge < -0.3 is 15.5 Å². The number of nitrogens with one attached hydrogen (secondary N) is 1. The lowest BCUT2D eigenvalue weighted by Gasteiger charge is -1.99. The van der Waals surface area contributed by atoms with E-state index in [1.165, 1.54) is 7.11 Å². The van der Waals surface area contributed by atoms with Gasteiger partial charge in [0.15, 0.2) is 0 Å². The standard InChI is InChI=1S/C9H12N2O2/c1-3-7(10)6-4-8(11-5-6)9(12)13-2/h3-5,7,11H,1,10H2,2H3. The summed E-state index contributed by atoms with van der Waals surface area (Å²) in [5.41, 5.74) is 6.87. The summed E-state index contributed by atoms with van der Waals surface area (Å²) in [5, 5.41) is 0. The molecule has 1 rings (SSSR count). The topological polar surface area (TPSA) is 68.1 Å². The first-order chi connectivity index (χ1) is 6.19. The van der Waals surface area contributed by atoms with Crippen LogP contribution in [-0.4, -0.2) is 18.1 Å². The quantitative estimate of drug-likeness (QED) is 0.538. The van der Waals surface area contributed by atoms with E-state index in [0.717, 1.165) is 5.56 Å². The first kappa shape index (κ1) is 9.54. The summed E-state index contributed by atoms with van der Waals surface area (Å²) in [4.78, 5) is 13.8. The van der Waals surface area contributed by atoms with Crippen LogP contribution in [0.2, 0.25) is 0 Å². The van der Waals surface area contributed by atoms with Gasteiger partial charge in [0.1, 0.15) is 5.69 Å². The fourth-order valence-electron chi connectivity index (χ4n) is 0.967. The van der Waals surface area contributed by atoms with Gasteiger partial charge in [0.2, 0.25) is 0 Å². The summed E-state index contributed by atoms with van der Waals surface area (Å²) in [6, 6.07) is 1.40. The van der Waals surface area contributed by atoms with E-state index in [9.17, 15) is 4.79 Å². The van der Waals surface area contributed by atoms with Crippen molar-refractivity contribution in [1.29, 1.82) is 0 Å². The lowest BCUT2D eigenvalue weighted by Crippen LogP contribution is -2.05. The average molecular weight is 180 g/mol. The minimum atomic E-state index is -0.400. The monoisotopic (exact) mass is 180 g/mol. The molecule has 1 aromatic rings. The van der Waals surface area contributed by atoms with E-state index in [4.69, 9.17) is 5.73 Å². The normalized spacial score (nSPS) is 12.2. The predicted molar refractivity (Wildman–Crippen MR) is 49.3 cm³/mol. The van der Waals surface area contributed by atoms with Crippen LogP contribution >= 0.6 is 0 Å². The van der Waals surface area contributed by atoms with Crippen LogP contribution in [0.4, 0.5) is 0 Å². The lowest BCUT2D eigenvalue weighted by molar-refractivity contribution is 0.0595. The molecule has 1 unspecified atom stereocenters. The van der Waals surface area contributed by atoms with E-state index in [1.54, 1.807) is 18.3 Å². The van der Waals surface area contributed by atoms with Gasteiger partial charge in [-0.15, -0.1) is 6.58 Å². The SMILES string of the molecule is C=CC(N)c1c[nH]c(C(=O)OC)c1. The molecule has 1 heterocycles. The molecule has 0 saturated heterocycles. The third-order valence-corrected chi connectivity index (χ3v) is 1.75. The Labute approximate surface area is 76.4 Å². The number of ether oxygens (including phenoxy) is 1. The highest BCUT2D eigenvalue weighted by Gasteiger charge is 2.10. The number of rotatable bonds is 3. The zero-order valence-corrected chi connectivity index (χ0v) is 7.41. The number of hydrogen-bond donors (Lipinski definition) is 2. The summed E-state index contributed by atoms with van der Waals surface area (Å²) >= 11 is 0. The maximum absolute atomic E-state index is 11.0. The first-order valence-electron chi connectivity index (χ1n) is 3.83. The maximum atomic E-state index is 11.0. The molecule has 0 aliphatic carbocycles. The number of aromatic amines is 1. The second kappa shape index (κ2) is 3.91. The van der Waals surface area contributed by atoms with Crippen molar-refractivity contribution < 1.29 is 9.53 Å². The van der Waals surface area contributed by atoms with Gasteiger partial charge in [0, 0.05) is 12.2 Å². The fraction of sp³-hybridized carbons (Fsp3) is 0.222. The molecule has 70 valence electrons. The van der Waals surface area contributed by atoms with Gasteiger partial charge in [-0.1, -0.05) is 6.08 Å². The zero-order chi connectivity index (χ0) is 9.84. The van der Waals surface area contributed by atoms with Gasteiger partial charge in [0.25, 0.3) is 0 Å². The summed E-state index contributed by atoms with van der Waals surface area (Å²) < 4.78 is 4.53. The van der Waals surface area contributed by atoms with Gasteiger partial charge in [-0.25, -0.2) is 4.79 Å². The first-order valence-corrected chi connectivity index (χ1v) is 3.83. The molecule has 1 atom stereocenters. The Kier molecular flexibility index (Phi) is 2.87. The van der Waals surface area contributed by atoms with Crippen LogP contribution in [0.25, 0.3) is 0 Å². The Morgan fingerprint density at radius 3 is 3.08 bits per heavy atom. The molecule has 4 heteroatoms. The molecular formula is C9H12N2O2. The number of carbonyl (C=O) groups is 1. The smallest absolute Gasteiger partial charge is 0.354 e. The molecule has 3 N–H and O–H groups in total. The van der Waals surface area contributed by atoms with Crippen molar-refractivity contribution in [3.8, 4) is 0 Å².